The van der Waals surface area contributed by atoms with Crippen LogP contribution in [0, 0.1) is 11.7 Å². The molecule has 0 heterocycles. The molecule has 0 spiro atoms. The Morgan fingerprint density at radius 2 is 2.14 bits per heavy atom. The van der Waals surface area contributed by atoms with Crippen molar-refractivity contribution in [3.8, 4) is 5.75 Å². The molecule has 0 aromatic heterocycles. The maximum absolute atomic E-state index is 14.5. The Balaban J connectivity index is 2.16. The number of ether oxygens (including phenoxy) is 1. The zero-order chi connectivity index (χ0) is 15.0. The van der Waals surface area contributed by atoms with Crippen LogP contribution in [0.2, 0.25) is 0 Å². The van der Waals surface area contributed by atoms with Crippen LogP contribution in [0.1, 0.15) is 50.2 Å². The van der Waals surface area contributed by atoms with Gasteiger partial charge < -0.3 is 9.94 Å². The molecule has 0 radical (unpaired) electrons. The number of nitrogens with one attached hydrogen (secondary N) is 1. The molecule has 1 fully saturated rings. The first-order valence-electron chi connectivity index (χ1n) is 7.86. The van der Waals surface area contributed by atoms with E-state index in [0.717, 1.165) is 36.8 Å². The molecule has 4 heteroatoms. The molecule has 3 nitrogen and oxygen atoms in total. The van der Waals surface area contributed by atoms with Crippen LogP contribution >= 0.6 is 0 Å². The number of rotatable bonds is 2. The third-order valence-electron chi connectivity index (χ3n) is 5.55. The molecule has 21 heavy (non-hydrogen) atoms. The topological polar surface area (TPSA) is 41.5 Å². The summed E-state index contributed by atoms with van der Waals surface area (Å²) in [7, 11) is 1.56. The molecule has 3 atom stereocenters. The molecule has 2 bridgehead atoms. The Morgan fingerprint density at radius 3 is 2.86 bits per heavy atom. The summed E-state index contributed by atoms with van der Waals surface area (Å²) in [6, 6.07) is 3.42. The fourth-order valence-electron chi connectivity index (χ4n) is 4.40. The predicted molar refractivity (Wildman–Crippen MR) is 79.3 cm³/mol. The summed E-state index contributed by atoms with van der Waals surface area (Å²) in [6.45, 7) is 2.15. The molecular weight excluding hydrogens is 269 g/mol. The van der Waals surface area contributed by atoms with Gasteiger partial charge in [0.1, 0.15) is 11.6 Å². The molecule has 2 aliphatic rings. The van der Waals surface area contributed by atoms with Gasteiger partial charge in [-0.05, 0) is 42.4 Å². The first-order chi connectivity index (χ1) is 10.1. The third kappa shape index (κ3) is 2.34. The van der Waals surface area contributed by atoms with E-state index in [1.807, 2.05) is 6.07 Å². The number of fused-ring (bicyclic) bond motifs is 4. The predicted octanol–water partition coefficient (Wildman–Crippen LogP) is 3.58. The van der Waals surface area contributed by atoms with Crippen molar-refractivity contribution in [3.63, 3.8) is 0 Å². The molecule has 1 saturated carbocycles. The average molecular weight is 293 g/mol. The van der Waals surface area contributed by atoms with Gasteiger partial charge in [0.25, 0.3) is 0 Å². The largest absolute Gasteiger partial charge is 0.497 e. The van der Waals surface area contributed by atoms with E-state index in [9.17, 15) is 9.60 Å². The van der Waals surface area contributed by atoms with E-state index in [2.05, 4.69) is 12.4 Å². The van der Waals surface area contributed by atoms with Gasteiger partial charge in [-0.25, -0.2) is 9.87 Å². The van der Waals surface area contributed by atoms with Crippen molar-refractivity contribution >= 4 is 0 Å². The first kappa shape index (κ1) is 14.8. The van der Waals surface area contributed by atoms with Crippen LogP contribution in [0.3, 0.4) is 0 Å². The summed E-state index contributed by atoms with van der Waals surface area (Å²) in [4.78, 5) is 0. The van der Waals surface area contributed by atoms with Crippen LogP contribution in [0.15, 0.2) is 12.1 Å². The Labute approximate surface area is 125 Å². The summed E-state index contributed by atoms with van der Waals surface area (Å²) in [5.41, 5.74) is 4.12. The lowest BCUT2D eigenvalue weighted by Gasteiger charge is -2.48. The molecular formula is C17H24FNO2. The highest BCUT2D eigenvalue weighted by molar-refractivity contribution is 5.45. The molecule has 0 aliphatic heterocycles. The monoisotopic (exact) mass is 293 g/mol. The number of benzene rings is 1. The second-order valence-corrected chi connectivity index (χ2v) is 6.72. The van der Waals surface area contributed by atoms with Gasteiger partial charge >= 0.3 is 0 Å². The van der Waals surface area contributed by atoms with Crippen molar-refractivity contribution in [1.29, 1.82) is 0 Å². The Hall–Kier alpha value is -1.13. The van der Waals surface area contributed by atoms with Gasteiger partial charge in [0.2, 0.25) is 0 Å². The van der Waals surface area contributed by atoms with E-state index >= 15 is 0 Å². The zero-order valence-electron chi connectivity index (χ0n) is 12.8. The van der Waals surface area contributed by atoms with Gasteiger partial charge in [0.05, 0.1) is 7.11 Å². The van der Waals surface area contributed by atoms with E-state index in [-0.39, 0.29) is 23.2 Å². The van der Waals surface area contributed by atoms with Gasteiger partial charge in [-0.1, -0.05) is 26.2 Å². The average Bonchev–Trinajstić information content (AvgIpc) is 2.46. The molecule has 1 aromatic carbocycles. The molecule has 116 valence electrons. The van der Waals surface area contributed by atoms with E-state index < -0.39 is 0 Å². The maximum atomic E-state index is 14.5. The molecule has 2 aliphatic carbocycles. The molecule has 3 rings (SSSR count). The quantitative estimate of drug-likeness (QED) is 0.819. The van der Waals surface area contributed by atoms with E-state index in [1.54, 1.807) is 7.11 Å². The van der Waals surface area contributed by atoms with Crippen molar-refractivity contribution in [2.24, 2.45) is 5.92 Å². The standard InChI is InChI=1S/C17H24FNO2/c1-17-7-5-3-4-6-11(16(17)19-20)8-13-14(17)9-12(21-2)10-15(13)18/h9-11,16,19-20H,3-8H2,1-2H3/t11?,16?,17-/m1/s1. The summed E-state index contributed by atoms with van der Waals surface area (Å²) < 4.78 is 19.7. The molecule has 0 saturated heterocycles. The molecule has 2 N–H and O–H groups in total. The normalized spacial score (nSPS) is 32.0. The maximum Gasteiger partial charge on any atom is 0.130 e. The number of methoxy groups -OCH3 is 1. The van der Waals surface area contributed by atoms with Crippen LogP contribution < -0.4 is 10.2 Å². The first-order valence-corrected chi connectivity index (χ1v) is 7.86. The summed E-state index contributed by atoms with van der Waals surface area (Å²) in [5.74, 6) is 0.679. The minimum atomic E-state index is -0.247. The van der Waals surface area contributed by atoms with Crippen molar-refractivity contribution < 1.29 is 14.3 Å². The van der Waals surface area contributed by atoms with Crippen LogP contribution in [0.4, 0.5) is 4.39 Å². The van der Waals surface area contributed by atoms with Gasteiger partial charge in [0.15, 0.2) is 0 Å². The highest BCUT2D eigenvalue weighted by Crippen LogP contribution is 2.47. The van der Waals surface area contributed by atoms with Crippen molar-refractivity contribution in [2.45, 2.75) is 56.9 Å². The van der Waals surface area contributed by atoms with Gasteiger partial charge in [0, 0.05) is 17.5 Å². The van der Waals surface area contributed by atoms with Crippen LogP contribution in [0.25, 0.3) is 0 Å². The summed E-state index contributed by atoms with van der Waals surface area (Å²) in [5, 5.41) is 9.73. The second kappa shape index (κ2) is 5.58. The van der Waals surface area contributed by atoms with Crippen molar-refractivity contribution in [3.05, 3.63) is 29.1 Å². The van der Waals surface area contributed by atoms with Crippen molar-refractivity contribution in [2.75, 3.05) is 7.11 Å². The van der Waals surface area contributed by atoms with Gasteiger partial charge in [-0.15, -0.1) is 0 Å². The van der Waals surface area contributed by atoms with Gasteiger partial charge in [-0.3, -0.25) is 0 Å². The highest BCUT2D eigenvalue weighted by Gasteiger charge is 2.46. The summed E-state index contributed by atoms with van der Waals surface area (Å²) in [6.07, 6.45) is 6.18. The Morgan fingerprint density at radius 1 is 1.33 bits per heavy atom. The lowest BCUT2D eigenvalue weighted by Crippen LogP contribution is -2.54. The Bertz CT molecular complexity index is 534. The fraction of sp³-hybridized carbons (Fsp3) is 0.647. The fourth-order valence-corrected chi connectivity index (χ4v) is 4.40. The molecule has 0 amide bonds. The van der Waals surface area contributed by atoms with Gasteiger partial charge in [-0.2, -0.15) is 0 Å². The SMILES string of the molecule is COc1cc(F)c2c(c1)[C@@]1(C)CCCCCC(C2)C1NO. The second-order valence-electron chi connectivity index (χ2n) is 6.72. The summed E-state index contributed by atoms with van der Waals surface area (Å²) >= 11 is 0. The van der Waals surface area contributed by atoms with Crippen LogP contribution in [0.5, 0.6) is 5.75 Å². The van der Waals surface area contributed by atoms with Crippen molar-refractivity contribution in [1.82, 2.24) is 5.48 Å². The number of hydroxylamine groups is 1. The van der Waals surface area contributed by atoms with E-state index in [4.69, 9.17) is 4.74 Å². The van der Waals surface area contributed by atoms with E-state index in [1.165, 1.54) is 12.5 Å². The smallest absolute Gasteiger partial charge is 0.130 e. The Kier molecular flexibility index (Phi) is 3.93. The third-order valence-corrected chi connectivity index (χ3v) is 5.55. The number of halogens is 1. The minimum absolute atomic E-state index is 0.0168. The zero-order valence-corrected chi connectivity index (χ0v) is 12.8. The molecule has 1 aromatic rings. The highest BCUT2D eigenvalue weighted by atomic mass is 19.1. The molecule has 2 unspecified atom stereocenters. The van der Waals surface area contributed by atoms with Crippen LogP contribution in [-0.4, -0.2) is 18.4 Å². The number of hydrogen-bond acceptors (Lipinski definition) is 3. The number of hydrogen-bond donors (Lipinski definition) is 2. The lowest BCUT2D eigenvalue weighted by molar-refractivity contribution is 0.0345. The van der Waals surface area contributed by atoms with Crippen LogP contribution in [-0.2, 0) is 11.8 Å². The lowest BCUT2D eigenvalue weighted by atomic mass is 9.60. The minimum Gasteiger partial charge on any atom is -0.497 e. The van der Waals surface area contributed by atoms with E-state index in [0.29, 0.717) is 12.2 Å².